The predicted octanol–water partition coefficient (Wildman–Crippen LogP) is 5.81. The van der Waals surface area contributed by atoms with E-state index in [1.54, 1.807) is 0 Å². The number of halogens is 1. The molecule has 0 saturated carbocycles. The van der Waals surface area contributed by atoms with E-state index in [4.69, 9.17) is 0 Å². The molecular formula is C21H15Br. The van der Waals surface area contributed by atoms with Crippen LogP contribution >= 0.6 is 15.9 Å². The van der Waals surface area contributed by atoms with Crippen molar-refractivity contribution < 1.29 is 0 Å². The van der Waals surface area contributed by atoms with E-state index in [0.717, 1.165) is 4.47 Å². The summed E-state index contributed by atoms with van der Waals surface area (Å²) in [6.45, 7) is 0. The maximum absolute atomic E-state index is 3.54. The molecule has 4 rings (SSSR count). The second-order valence-electron chi connectivity index (χ2n) is 5.60. The van der Waals surface area contributed by atoms with Crippen LogP contribution in [0, 0.1) is 0 Å². The Labute approximate surface area is 139 Å². The lowest BCUT2D eigenvalue weighted by Gasteiger charge is -2.31. The van der Waals surface area contributed by atoms with Gasteiger partial charge in [-0.3, -0.25) is 0 Å². The van der Waals surface area contributed by atoms with Crippen molar-refractivity contribution in [3.63, 3.8) is 0 Å². The maximum atomic E-state index is 3.54. The third kappa shape index (κ3) is 1.97. The Morgan fingerprint density at radius 1 is 0.636 bits per heavy atom. The van der Waals surface area contributed by atoms with Gasteiger partial charge < -0.3 is 0 Å². The van der Waals surface area contributed by atoms with Crippen LogP contribution in [0.1, 0.15) is 22.3 Å². The van der Waals surface area contributed by atoms with Crippen LogP contribution in [0.4, 0.5) is 0 Å². The summed E-state index contributed by atoms with van der Waals surface area (Å²) in [6, 6.07) is 28.1. The van der Waals surface area contributed by atoms with Crippen molar-refractivity contribution in [2.75, 3.05) is 0 Å². The number of benzene rings is 3. The molecule has 0 aliphatic heterocycles. The monoisotopic (exact) mass is 346 g/mol. The standard InChI is InChI=1S/C21H15Br/c22-19-12-10-18(11-13-19)21(17-7-2-1-3-8-17)15-14-16-6-4-5-9-20(16)21/h1-15H. The molecule has 0 radical (unpaired) electrons. The third-order valence-corrected chi connectivity index (χ3v) is 4.96. The van der Waals surface area contributed by atoms with Crippen molar-refractivity contribution in [1.82, 2.24) is 0 Å². The number of hydrogen-bond acceptors (Lipinski definition) is 0. The highest BCUT2D eigenvalue weighted by molar-refractivity contribution is 9.10. The second kappa shape index (κ2) is 5.26. The van der Waals surface area contributed by atoms with Gasteiger partial charge in [0.2, 0.25) is 0 Å². The zero-order valence-corrected chi connectivity index (χ0v) is 13.6. The fourth-order valence-corrected chi connectivity index (χ4v) is 3.65. The molecule has 1 aliphatic carbocycles. The SMILES string of the molecule is Brc1ccc(C2(c3ccccc3)C=Cc3ccccc32)cc1. The van der Waals surface area contributed by atoms with Crippen molar-refractivity contribution in [3.8, 4) is 0 Å². The molecule has 1 heteroatoms. The van der Waals surface area contributed by atoms with E-state index in [0.29, 0.717) is 0 Å². The van der Waals surface area contributed by atoms with Gasteiger partial charge in [-0.05, 0) is 34.4 Å². The van der Waals surface area contributed by atoms with Gasteiger partial charge in [-0.15, -0.1) is 0 Å². The molecule has 0 amide bonds. The molecule has 0 heterocycles. The summed E-state index contributed by atoms with van der Waals surface area (Å²) in [5, 5.41) is 0. The van der Waals surface area contributed by atoms with Crippen LogP contribution in [-0.2, 0) is 5.41 Å². The molecule has 3 aromatic rings. The largest absolute Gasteiger partial charge is 0.0646 e. The van der Waals surface area contributed by atoms with Gasteiger partial charge in [0.05, 0.1) is 5.41 Å². The van der Waals surface area contributed by atoms with Crippen LogP contribution in [0.3, 0.4) is 0 Å². The van der Waals surface area contributed by atoms with E-state index in [9.17, 15) is 0 Å². The highest BCUT2D eigenvalue weighted by Gasteiger charge is 2.37. The summed E-state index contributed by atoms with van der Waals surface area (Å²) in [6.07, 6.45) is 4.57. The second-order valence-corrected chi connectivity index (χ2v) is 6.52. The van der Waals surface area contributed by atoms with Crippen LogP contribution in [0.2, 0.25) is 0 Å². The van der Waals surface area contributed by atoms with E-state index < -0.39 is 0 Å². The molecule has 0 N–H and O–H groups in total. The first-order valence-electron chi connectivity index (χ1n) is 7.41. The highest BCUT2D eigenvalue weighted by atomic mass is 79.9. The molecule has 0 saturated heterocycles. The zero-order valence-electron chi connectivity index (χ0n) is 12.0. The first kappa shape index (κ1) is 13.5. The van der Waals surface area contributed by atoms with Gasteiger partial charge in [-0.1, -0.05) is 94.8 Å². The van der Waals surface area contributed by atoms with Crippen molar-refractivity contribution in [2.45, 2.75) is 5.41 Å². The maximum Gasteiger partial charge on any atom is 0.0641 e. The summed E-state index contributed by atoms with van der Waals surface area (Å²) in [5.41, 5.74) is 5.05. The Morgan fingerprint density at radius 2 is 1.27 bits per heavy atom. The van der Waals surface area contributed by atoms with E-state index >= 15 is 0 Å². The van der Waals surface area contributed by atoms with E-state index in [1.807, 2.05) is 0 Å². The van der Waals surface area contributed by atoms with E-state index in [-0.39, 0.29) is 5.41 Å². The van der Waals surface area contributed by atoms with Crippen molar-refractivity contribution in [3.05, 3.63) is 112 Å². The van der Waals surface area contributed by atoms with Gasteiger partial charge in [0, 0.05) is 4.47 Å². The third-order valence-electron chi connectivity index (χ3n) is 4.43. The van der Waals surface area contributed by atoms with Crippen molar-refractivity contribution in [1.29, 1.82) is 0 Å². The highest BCUT2D eigenvalue weighted by Crippen LogP contribution is 2.46. The normalized spacial score (nSPS) is 19.1. The number of fused-ring (bicyclic) bond motifs is 1. The first-order valence-corrected chi connectivity index (χ1v) is 8.20. The average Bonchev–Trinajstić information content (AvgIpc) is 2.97. The lowest BCUT2D eigenvalue weighted by Crippen LogP contribution is -2.25. The molecule has 1 atom stereocenters. The lowest BCUT2D eigenvalue weighted by molar-refractivity contribution is 0.794. The molecular weight excluding hydrogens is 332 g/mol. The Bertz CT molecular complexity index is 831. The smallest absolute Gasteiger partial charge is 0.0641 e. The van der Waals surface area contributed by atoms with E-state index in [1.165, 1.54) is 22.3 Å². The number of rotatable bonds is 2. The fourth-order valence-electron chi connectivity index (χ4n) is 3.39. The Balaban J connectivity index is 2.03. The number of allylic oxidation sites excluding steroid dienone is 1. The molecule has 106 valence electrons. The molecule has 0 aromatic heterocycles. The van der Waals surface area contributed by atoms with Gasteiger partial charge in [0.25, 0.3) is 0 Å². The molecule has 0 spiro atoms. The molecule has 0 fully saturated rings. The van der Waals surface area contributed by atoms with Gasteiger partial charge in [-0.25, -0.2) is 0 Å². The summed E-state index contributed by atoms with van der Waals surface area (Å²) in [4.78, 5) is 0. The Morgan fingerprint density at radius 3 is 2.05 bits per heavy atom. The van der Waals surface area contributed by atoms with Gasteiger partial charge in [0.15, 0.2) is 0 Å². The minimum absolute atomic E-state index is 0.196. The Hall–Kier alpha value is -2.12. The van der Waals surface area contributed by atoms with Crippen LogP contribution in [-0.4, -0.2) is 0 Å². The lowest BCUT2D eigenvalue weighted by atomic mass is 9.71. The van der Waals surface area contributed by atoms with Gasteiger partial charge in [-0.2, -0.15) is 0 Å². The van der Waals surface area contributed by atoms with Crippen LogP contribution in [0.25, 0.3) is 6.08 Å². The van der Waals surface area contributed by atoms with E-state index in [2.05, 4.69) is 107 Å². The molecule has 0 bridgehead atoms. The van der Waals surface area contributed by atoms with Crippen LogP contribution in [0.15, 0.2) is 89.4 Å². The molecule has 22 heavy (non-hydrogen) atoms. The van der Waals surface area contributed by atoms with Gasteiger partial charge >= 0.3 is 0 Å². The van der Waals surface area contributed by atoms with Gasteiger partial charge in [0.1, 0.15) is 0 Å². The predicted molar refractivity (Wildman–Crippen MR) is 95.9 cm³/mol. The average molecular weight is 347 g/mol. The zero-order chi connectivity index (χ0) is 15.0. The summed E-state index contributed by atoms with van der Waals surface area (Å²) in [7, 11) is 0. The van der Waals surface area contributed by atoms with Crippen LogP contribution < -0.4 is 0 Å². The first-order chi connectivity index (χ1) is 10.8. The summed E-state index contributed by atoms with van der Waals surface area (Å²) >= 11 is 3.54. The topological polar surface area (TPSA) is 0 Å². The minimum Gasteiger partial charge on any atom is -0.0646 e. The molecule has 1 unspecified atom stereocenters. The molecule has 1 aliphatic rings. The Kier molecular flexibility index (Phi) is 3.24. The minimum atomic E-state index is -0.196. The van der Waals surface area contributed by atoms with Crippen molar-refractivity contribution in [2.24, 2.45) is 0 Å². The summed E-state index contributed by atoms with van der Waals surface area (Å²) < 4.78 is 1.11. The van der Waals surface area contributed by atoms with Crippen LogP contribution in [0.5, 0.6) is 0 Å². The molecule has 0 nitrogen and oxygen atoms in total. The quantitative estimate of drug-likeness (QED) is 0.549. The number of hydrogen-bond donors (Lipinski definition) is 0. The van der Waals surface area contributed by atoms with Crippen molar-refractivity contribution >= 4 is 22.0 Å². The fraction of sp³-hybridized carbons (Fsp3) is 0.0476. The molecule has 3 aromatic carbocycles. The summed E-state index contributed by atoms with van der Waals surface area (Å²) in [5.74, 6) is 0.